The fourth-order valence-corrected chi connectivity index (χ4v) is 2.95. The molecule has 0 aromatic carbocycles. The zero-order valence-electron chi connectivity index (χ0n) is 9.48. The molecule has 1 aliphatic rings. The van der Waals surface area contributed by atoms with Crippen molar-refractivity contribution in [2.24, 2.45) is 0 Å². The van der Waals surface area contributed by atoms with Gasteiger partial charge in [-0.15, -0.1) is 0 Å². The summed E-state index contributed by atoms with van der Waals surface area (Å²) >= 11 is 0. The summed E-state index contributed by atoms with van der Waals surface area (Å²) in [5, 5.41) is 17.2. The van der Waals surface area contributed by atoms with Crippen molar-refractivity contribution in [3.05, 3.63) is 0 Å². The Morgan fingerprint density at radius 1 is 1.11 bits per heavy atom. The number of rotatable bonds is 6. The second-order valence-corrected chi connectivity index (χ2v) is 5.50. The van der Waals surface area contributed by atoms with Crippen molar-refractivity contribution in [3.8, 4) is 0 Å². The highest BCUT2D eigenvalue weighted by atomic mass is 32.2. The number of carboxylic acids is 2. The van der Waals surface area contributed by atoms with Gasteiger partial charge in [-0.25, -0.2) is 0 Å². The van der Waals surface area contributed by atoms with E-state index in [1.54, 1.807) is 0 Å². The van der Waals surface area contributed by atoms with Crippen molar-refractivity contribution in [1.29, 1.82) is 0 Å². The van der Waals surface area contributed by atoms with Crippen LogP contribution in [-0.2, 0) is 24.5 Å². The summed E-state index contributed by atoms with van der Waals surface area (Å²) in [4.78, 5) is 21.2. The first-order valence-corrected chi connectivity index (χ1v) is 6.50. The molecular weight excluding hydrogens is 268 g/mol. The van der Waals surface area contributed by atoms with Crippen molar-refractivity contribution in [2.75, 3.05) is 39.4 Å². The topological polar surface area (TPSA) is 124 Å². The summed E-state index contributed by atoms with van der Waals surface area (Å²) in [7, 11) is -4.09. The normalized spacial score (nSPS) is 17.8. The molecule has 1 heterocycles. The van der Waals surface area contributed by atoms with Crippen LogP contribution in [0.15, 0.2) is 0 Å². The predicted molar refractivity (Wildman–Crippen MR) is 58.2 cm³/mol. The van der Waals surface area contributed by atoms with E-state index in [4.69, 9.17) is 14.9 Å². The van der Waals surface area contributed by atoms with Crippen LogP contribution in [0.1, 0.15) is 0 Å². The second-order valence-electron chi connectivity index (χ2n) is 3.57. The maximum atomic E-state index is 12.0. The van der Waals surface area contributed by atoms with Gasteiger partial charge < -0.3 is 14.9 Å². The average molecular weight is 282 g/mol. The fraction of sp³-hybridized carbons (Fsp3) is 0.750. The van der Waals surface area contributed by atoms with Crippen LogP contribution in [0.25, 0.3) is 0 Å². The monoisotopic (exact) mass is 282 g/mol. The fourth-order valence-electron chi connectivity index (χ4n) is 1.46. The molecule has 104 valence electrons. The van der Waals surface area contributed by atoms with Gasteiger partial charge >= 0.3 is 11.9 Å². The van der Waals surface area contributed by atoms with Crippen LogP contribution in [0.2, 0.25) is 0 Å². The van der Waals surface area contributed by atoms with Gasteiger partial charge in [-0.3, -0.25) is 9.59 Å². The number of carbonyl (C=O) groups is 2. The molecule has 0 aromatic heterocycles. The lowest BCUT2D eigenvalue weighted by Crippen LogP contribution is -2.51. The van der Waals surface area contributed by atoms with E-state index >= 15 is 0 Å². The molecule has 0 amide bonds. The highest BCUT2D eigenvalue weighted by molar-refractivity contribution is 7.86. The van der Waals surface area contributed by atoms with E-state index in [1.807, 2.05) is 0 Å². The Balaban J connectivity index is 2.86. The van der Waals surface area contributed by atoms with E-state index in [2.05, 4.69) is 0 Å². The van der Waals surface area contributed by atoms with Crippen LogP contribution in [0.5, 0.6) is 0 Å². The Bertz CT molecular complexity index is 399. The van der Waals surface area contributed by atoms with E-state index in [0.717, 1.165) is 4.31 Å². The maximum absolute atomic E-state index is 12.0. The third-order valence-electron chi connectivity index (χ3n) is 2.25. The largest absolute Gasteiger partial charge is 0.480 e. The van der Waals surface area contributed by atoms with Gasteiger partial charge in [-0.2, -0.15) is 17.0 Å². The Hall–Kier alpha value is -1.23. The van der Waals surface area contributed by atoms with E-state index in [1.165, 1.54) is 0 Å². The molecule has 0 radical (unpaired) electrons. The van der Waals surface area contributed by atoms with Crippen LogP contribution >= 0.6 is 0 Å². The molecule has 1 fully saturated rings. The van der Waals surface area contributed by atoms with Gasteiger partial charge in [0.2, 0.25) is 0 Å². The quantitative estimate of drug-likeness (QED) is 0.579. The SMILES string of the molecule is O=C(O)CN(CC(=O)O)S(=O)(=O)N1CCOCC1. The minimum absolute atomic E-state index is 0.0814. The third-order valence-corrected chi connectivity index (χ3v) is 4.17. The molecule has 0 saturated carbocycles. The minimum atomic E-state index is -4.09. The summed E-state index contributed by atoms with van der Waals surface area (Å²) in [5.74, 6) is -2.82. The summed E-state index contributed by atoms with van der Waals surface area (Å²) in [6.45, 7) is -1.20. The molecule has 9 nitrogen and oxygen atoms in total. The molecule has 0 spiro atoms. The van der Waals surface area contributed by atoms with Crippen LogP contribution < -0.4 is 0 Å². The van der Waals surface area contributed by atoms with E-state index in [-0.39, 0.29) is 26.3 Å². The maximum Gasteiger partial charge on any atom is 0.318 e. The molecule has 0 aromatic rings. The Labute approximate surface area is 104 Å². The summed E-state index contributed by atoms with van der Waals surface area (Å²) in [6, 6.07) is 0. The number of hydrogen-bond donors (Lipinski definition) is 2. The zero-order valence-corrected chi connectivity index (χ0v) is 10.3. The average Bonchev–Trinajstić information content (AvgIpc) is 2.28. The van der Waals surface area contributed by atoms with Gasteiger partial charge in [-0.05, 0) is 0 Å². The van der Waals surface area contributed by atoms with Crippen molar-refractivity contribution < 1.29 is 33.0 Å². The van der Waals surface area contributed by atoms with Crippen molar-refractivity contribution in [2.45, 2.75) is 0 Å². The minimum Gasteiger partial charge on any atom is -0.480 e. The Kier molecular flexibility index (Phi) is 5.02. The number of carboxylic acid groups (broad SMARTS) is 2. The summed E-state index contributed by atoms with van der Waals surface area (Å²) in [6.07, 6.45) is 0. The smallest absolute Gasteiger partial charge is 0.318 e. The van der Waals surface area contributed by atoms with Crippen LogP contribution in [0.3, 0.4) is 0 Å². The van der Waals surface area contributed by atoms with E-state index in [9.17, 15) is 18.0 Å². The summed E-state index contributed by atoms with van der Waals surface area (Å²) in [5.41, 5.74) is 0. The highest BCUT2D eigenvalue weighted by Gasteiger charge is 2.33. The molecule has 1 aliphatic heterocycles. The first-order chi connectivity index (χ1) is 8.34. The van der Waals surface area contributed by atoms with Gasteiger partial charge in [0.05, 0.1) is 13.2 Å². The molecule has 0 atom stereocenters. The van der Waals surface area contributed by atoms with Gasteiger partial charge in [0.25, 0.3) is 10.2 Å². The number of nitrogens with zero attached hydrogens (tertiary/aromatic N) is 2. The van der Waals surface area contributed by atoms with Gasteiger partial charge in [0.1, 0.15) is 13.1 Å². The molecule has 0 aliphatic carbocycles. The number of hydrogen-bond acceptors (Lipinski definition) is 5. The third kappa shape index (κ3) is 3.91. The second kappa shape index (κ2) is 6.09. The lowest BCUT2D eigenvalue weighted by Gasteiger charge is -2.30. The van der Waals surface area contributed by atoms with Crippen molar-refractivity contribution in [3.63, 3.8) is 0 Å². The lowest BCUT2D eigenvalue weighted by molar-refractivity contribution is -0.139. The van der Waals surface area contributed by atoms with Crippen LogP contribution in [0.4, 0.5) is 0 Å². The zero-order chi connectivity index (χ0) is 13.8. The number of morpholine rings is 1. The molecular formula is C8H14N2O7S. The Morgan fingerprint density at radius 3 is 1.94 bits per heavy atom. The molecule has 2 N–H and O–H groups in total. The number of aliphatic carboxylic acids is 2. The van der Waals surface area contributed by atoms with Crippen LogP contribution in [-0.4, -0.2) is 78.6 Å². The van der Waals surface area contributed by atoms with Crippen molar-refractivity contribution >= 4 is 22.1 Å². The van der Waals surface area contributed by atoms with Crippen molar-refractivity contribution in [1.82, 2.24) is 8.61 Å². The predicted octanol–water partition coefficient (Wildman–Crippen LogP) is -1.97. The molecule has 0 unspecified atom stereocenters. The molecule has 1 saturated heterocycles. The van der Waals surface area contributed by atoms with Crippen LogP contribution in [0, 0.1) is 0 Å². The lowest BCUT2D eigenvalue weighted by atomic mass is 10.5. The molecule has 10 heteroatoms. The summed E-state index contributed by atoms with van der Waals surface area (Å²) < 4.78 is 30.5. The first-order valence-electron chi connectivity index (χ1n) is 5.10. The Morgan fingerprint density at radius 2 is 1.56 bits per heavy atom. The van der Waals surface area contributed by atoms with Gasteiger partial charge in [0.15, 0.2) is 0 Å². The van der Waals surface area contributed by atoms with E-state index in [0.29, 0.717) is 4.31 Å². The first kappa shape index (κ1) is 14.8. The molecule has 18 heavy (non-hydrogen) atoms. The highest BCUT2D eigenvalue weighted by Crippen LogP contribution is 2.10. The van der Waals surface area contributed by atoms with E-state index < -0.39 is 35.2 Å². The number of ether oxygens (including phenoxy) is 1. The van der Waals surface area contributed by atoms with Gasteiger partial charge in [-0.1, -0.05) is 0 Å². The molecule has 0 bridgehead atoms. The molecule has 1 rings (SSSR count). The van der Waals surface area contributed by atoms with Gasteiger partial charge in [0, 0.05) is 13.1 Å². The standard InChI is InChI=1S/C8H14N2O7S/c11-7(12)5-10(6-8(13)14)18(15,16)9-1-3-17-4-2-9/h1-6H2,(H,11,12)(H,13,14).